The highest BCUT2D eigenvalue weighted by molar-refractivity contribution is 5.89. The van der Waals surface area contributed by atoms with E-state index in [4.69, 9.17) is 4.74 Å². The summed E-state index contributed by atoms with van der Waals surface area (Å²) in [7, 11) is 0. The lowest BCUT2D eigenvalue weighted by Crippen LogP contribution is -2.07. The first-order valence-electron chi connectivity index (χ1n) is 7.43. The molecule has 1 saturated carbocycles. The van der Waals surface area contributed by atoms with Crippen LogP contribution in [0.1, 0.15) is 58.6 Å². The molecule has 0 spiro atoms. The van der Waals surface area contributed by atoms with Gasteiger partial charge < -0.3 is 4.74 Å². The first-order chi connectivity index (χ1) is 10.7. The molecule has 1 heterocycles. The molecule has 0 saturated heterocycles. The van der Waals surface area contributed by atoms with E-state index in [1.807, 2.05) is 6.92 Å². The lowest BCUT2D eigenvalue weighted by atomic mass is 10.2. The molecule has 22 heavy (non-hydrogen) atoms. The Morgan fingerprint density at radius 2 is 2.09 bits per heavy atom. The van der Waals surface area contributed by atoms with Crippen LogP contribution in [0.15, 0.2) is 24.3 Å². The number of aldehydes is 1. The molecule has 0 bridgehead atoms. The van der Waals surface area contributed by atoms with Crippen molar-refractivity contribution in [3.8, 4) is 5.69 Å². The molecule has 1 aromatic carbocycles. The Morgan fingerprint density at radius 3 is 2.68 bits per heavy atom. The number of carbonyl (C=O) groups is 2. The highest BCUT2D eigenvalue weighted by atomic mass is 16.5. The minimum absolute atomic E-state index is 0.331. The maximum absolute atomic E-state index is 11.8. The van der Waals surface area contributed by atoms with Crippen LogP contribution >= 0.6 is 0 Å². The topological polar surface area (TPSA) is 74.1 Å². The summed E-state index contributed by atoms with van der Waals surface area (Å²) in [6, 6.07) is 6.98. The molecule has 3 rings (SSSR count). The van der Waals surface area contributed by atoms with Gasteiger partial charge in [0, 0.05) is 5.92 Å². The Bertz CT molecular complexity index is 687. The predicted molar refractivity (Wildman–Crippen MR) is 79.3 cm³/mol. The van der Waals surface area contributed by atoms with E-state index in [2.05, 4.69) is 10.3 Å². The van der Waals surface area contributed by atoms with Crippen LogP contribution in [0.25, 0.3) is 5.69 Å². The molecule has 0 aliphatic heterocycles. The summed E-state index contributed by atoms with van der Waals surface area (Å²) in [6.45, 7) is 2.36. The average Bonchev–Trinajstić information content (AvgIpc) is 3.31. The highest BCUT2D eigenvalue weighted by Gasteiger charge is 2.31. The fourth-order valence-electron chi connectivity index (χ4n) is 2.33. The van der Waals surface area contributed by atoms with Gasteiger partial charge in [-0.3, -0.25) is 4.79 Å². The summed E-state index contributed by atoms with van der Waals surface area (Å²) in [4.78, 5) is 22.9. The van der Waals surface area contributed by atoms with Crippen LogP contribution in [0.2, 0.25) is 0 Å². The van der Waals surface area contributed by atoms with Gasteiger partial charge in [0.05, 0.1) is 23.6 Å². The quantitative estimate of drug-likeness (QED) is 0.605. The molecule has 1 aromatic heterocycles. The smallest absolute Gasteiger partial charge is 0.338 e. The van der Waals surface area contributed by atoms with E-state index in [9.17, 15) is 9.59 Å². The van der Waals surface area contributed by atoms with Crippen molar-refractivity contribution >= 4 is 12.3 Å². The third-order valence-electron chi connectivity index (χ3n) is 3.59. The van der Waals surface area contributed by atoms with E-state index >= 15 is 0 Å². The van der Waals surface area contributed by atoms with E-state index in [1.54, 1.807) is 28.9 Å². The molecule has 0 atom stereocenters. The van der Waals surface area contributed by atoms with E-state index in [0.29, 0.717) is 23.8 Å². The Morgan fingerprint density at radius 1 is 1.36 bits per heavy atom. The van der Waals surface area contributed by atoms with Gasteiger partial charge in [-0.25, -0.2) is 9.48 Å². The van der Waals surface area contributed by atoms with Crippen molar-refractivity contribution in [3.63, 3.8) is 0 Å². The number of rotatable bonds is 6. The van der Waals surface area contributed by atoms with Crippen molar-refractivity contribution in [2.24, 2.45) is 0 Å². The van der Waals surface area contributed by atoms with Gasteiger partial charge in [-0.15, -0.1) is 5.10 Å². The van der Waals surface area contributed by atoms with Crippen molar-refractivity contribution < 1.29 is 14.3 Å². The minimum Gasteiger partial charge on any atom is -0.462 e. The zero-order valence-corrected chi connectivity index (χ0v) is 12.4. The van der Waals surface area contributed by atoms with Gasteiger partial charge in [-0.05, 0) is 43.5 Å². The Labute approximate surface area is 128 Å². The molecule has 0 unspecified atom stereocenters. The summed E-state index contributed by atoms with van der Waals surface area (Å²) < 4.78 is 6.78. The highest BCUT2D eigenvalue weighted by Crippen LogP contribution is 2.41. The number of nitrogens with zero attached hydrogens (tertiary/aromatic N) is 3. The maximum Gasteiger partial charge on any atom is 0.338 e. The third kappa shape index (κ3) is 2.77. The van der Waals surface area contributed by atoms with E-state index in [0.717, 1.165) is 36.9 Å². The van der Waals surface area contributed by atoms with Gasteiger partial charge in [-0.2, -0.15) is 0 Å². The second-order valence-corrected chi connectivity index (χ2v) is 5.35. The molecule has 6 nitrogen and oxygen atoms in total. The standard InChI is InChI=1S/C16H17N3O3/c1-2-9-22-16(21)12-5-7-13(8-6-12)19-15(11-3-4-11)14(10-20)17-18-19/h5-8,10-11H,2-4,9H2,1H3. The summed E-state index contributed by atoms with van der Waals surface area (Å²) in [5, 5.41) is 7.99. The Hall–Kier alpha value is -2.50. The van der Waals surface area contributed by atoms with Crippen LogP contribution in [0.3, 0.4) is 0 Å². The third-order valence-corrected chi connectivity index (χ3v) is 3.59. The Kier molecular flexibility index (Phi) is 4.00. The second-order valence-electron chi connectivity index (χ2n) is 5.35. The number of hydrogen-bond donors (Lipinski definition) is 0. The number of ether oxygens (including phenoxy) is 1. The number of carbonyl (C=O) groups excluding carboxylic acids is 2. The molecule has 1 aliphatic rings. The van der Waals surface area contributed by atoms with Crippen LogP contribution < -0.4 is 0 Å². The van der Waals surface area contributed by atoms with E-state index in [1.165, 1.54) is 0 Å². The van der Waals surface area contributed by atoms with Crippen LogP contribution in [0.5, 0.6) is 0 Å². The summed E-state index contributed by atoms with van der Waals surface area (Å²) in [5.74, 6) is 0.0207. The number of hydrogen-bond acceptors (Lipinski definition) is 5. The van der Waals surface area contributed by atoms with Crippen LogP contribution in [-0.2, 0) is 4.74 Å². The van der Waals surface area contributed by atoms with Gasteiger partial charge in [0.15, 0.2) is 6.29 Å². The van der Waals surface area contributed by atoms with Gasteiger partial charge in [0.2, 0.25) is 0 Å². The number of benzene rings is 1. The van der Waals surface area contributed by atoms with Gasteiger partial charge in [-0.1, -0.05) is 12.1 Å². The Balaban J connectivity index is 1.86. The van der Waals surface area contributed by atoms with E-state index < -0.39 is 0 Å². The second kappa shape index (κ2) is 6.09. The van der Waals surface area contributed by atoms with Crippen LogP contribution in [0, 0.1) is 0 Å². The molecule has 0 N–H and O–H groups in total. The first-order valence-corrected chi connectivity index (χ1v) is 7.43. The largest absolute Gasteiger partial charge is 0.462 e. The molecule has 1 fully saturated rings. The van der Waals surface area contributed by atoms with Crippen molar-refractivity contribution in [1.29, 1.82) is 0 Å². The lowest BCUT2D eigenvalue weighted by molar-refractivity contribution is 0.0505. The lowest BCUT2D eigenvalue weighted by Gasteiger charge is -2.07. The molecule has 0 amide bonds. The van der Waals surface area contributed by atoms with Gasteiger partial charge in [0.1, 0.15) is 5.69 Å². The van der Waals surface area contributed by atoms with Gasteiger partial charge in [0.25, 0.3) is 0 Å². The molecule has 1 aliphatic carbocycles. The van der Waals surface area contributed by atoms with Crippen molar-refractivity contribution in [3.05, 3.63) is 41.2 Å². The minimum atomic E-state index is -0.331. The van der Waals surface area contributed by atoms with Gasteiger partial charge >= 0.3 is 5.97 Å². The SMILES string of the molecule is CCCOC(=O)c1ccc(-n2nnc(C=O)c2C2CC2)cc1. The molecular formula is C16H17N3O3. The first kappa shape index (κ1) is 14.4. The monoisotopic (exact) mass is 299 g/mol. The number of aromatic nitrogens is 3. The zero-order valence-electron chi connectivity index (χ0n) is 12.4. The zero-order chi connectivity index (χ0) is 15.5. The van der Waals surface area contributed by atoms with Crippen molar-refractivity contribution in [1.82, 2.24) is 15.0 Å². The molecular weight excluding hydrogens is 282 g/mol. The molecule has 114 valence electrons. The fourth-order valence-corrected chi connectivity index (χ4v) is 2.33. The van der Waals surface area contributed by atoms with Crippen LogP contribution in [0.4, 0.5) is 0 Å². The molecule has 0 radical (unpaired) electrons. The normalized spacial score (nSPS) is 13.9. The average molecular weight is 299 g/mol. The maximum atomic E-state index is 11.8. The fraction of sp³-hybridized carbons (Fsp3) is 0.375. The molecule has 6 heteroatoms. The predicted octanol–water partition coefficient (Wildman–Crippen LogP) is 2.52. The summed E-state index contributed by atoms with van der Waals surface area (Å²) in [6.07, 6.45) is 3.64. The number of esters is 1. The van der Waals surface area contributed by atoms with E-state index in [-0.39, 0.29) is 5.97 Å². The van der Waals surface area contributed by atoms with Crippen molar-refractivity contribution in [2.75, 3.05) is 6.61 Å². The molecule has 2 aromatic rings. The van der Waals surface area contributed by atoms with Crippen LogP contribution in [-0.4, -0.2) is 33.9 Å². The summed E-state index contributed by atoms with van der Waals surface area (Å²) >= 11 is 0. The van der Waals surface area contributed by atoms with Crippen molar-refractivity contribution in [2.45, 2.75) is 32.1 Å². The summed E-state index contributed by atoms with van der Waals surface area (Å²) in [5.41, 5.74) is 2.54.